The molecule has 5 rings (SSSR count). The van der Waals surface area contributed by atoms with Crippen LogP contribution in [0.4, 0.5) is 5.00 Å². The van der Waals surface area contributed by atoms with Crippen molar-refractivity contribution in [2.45, 2.75) is 24.3 Å². The number of nitrogens with one attached hydrogen (secondary N) is 1. The molecule has 0 aliphatic heterocycles. The van der Waals surface area contributed by atoms with Crippen LogP contribution in [0.15, 0.2) is 47.8 Å². The van der Waals surface area contributed by atoms with E-state index in [1.54, 1.807) is 23.7 Å². The SMILES string of the molecule is COC(=O)c1cc(-c2ccccc2)sc1NC(=O)CSc1ncnc2sc3c(c12)CCC3. The molecule has 0 spiro atoms. The average molecular weight is 482 g/mol. The number of anilines is 1. The van der Waals surface area contributed by atoms with E-state index in [-0.39, 0.29) is 11.7 Å². The smallest absolute Gasteiger partial charge is 0.340 e. The van der Waals surface area contributed by atoms with Crippen LogP contribution in [0, 0.1) is 0 Å². The summed E-state index contributed by atoms with van der Waals surface area (Å²) in [7, 11) is 1.34. The van der Waals surface area contributed by atoms with E-state index in [1.807, 2.05) is 30.3 Å². The van der Waals surface area contributed by atoms with Crippen molar-refractivity contribution in [2.75, 3.05) is 18.2 Å². The summed E-state index contributed by atoms with van der Waals surface area (Å²) in [5.74, 6) is -0.478. The quantitative estimate of drug-likeness (QED) is 0.225. The Morgan fingerprint density at radius 1 is 1.16 bits per heavy atom. The van der Waals surface area contributed by atoms with Crippen molar-refractivity contribution in [2.24, 2.45) is 0 Å². The maximum atomic E-state index is 12.8. The van der Waals surface area contributed by atoms with E-state index in [9.17, 15) is 9.59 Å². The third kappa shape index (κ3) is 4.03. The van der Waals surface area contributed by atoms with Crippen LogP contribution in [0.5, 0.6) is 0 Å². The summed E-state index contributed by atoms with van der Waals surface area (Å²) in [6.07, 6.45) is 4.87. The fourth-order valence-electron chi connectivity index (χ4n) is 3.80. The first-order valence-corrected chi connectivity index (χ1v) is 12.7. The molecule has 1 aliphatic carbocycles. The number of hydrogen-bond donors (Lipinski definition) is 1. The monoisotopic (exact) mass is 481 g/mol. The number of amides is 1. The summed E-state index contributed by atoms with van der Waals surface area (Å²) < 4.78 is 4.91. The Balaban J connectivity index is 1.35. The lowest BCUT2D eigenvalue weighted by Gasteiger charge is -2.06. The maximum Gasteiger partial charge on any atom is 0.340 e. The number of carbonyl (C=O) groups excluding carboxylic acids is 2. The van der Waals surface area contributed by atoms with Gasteiger partial charge >= 0.3 is 5.97 Å². The van der Waals surface area contributed by atoms with Crippen LogP contribution in [-0.4, -0.2) is 34.7 Å². The van der Waals surface area contributed by atoms with Gasteiger partial charge in [0, 0.05) is 15.1 Å². The molecule has 0 saturated carbocycles. The predicted molar refractivity (Wildman–Crippen MR) is 130 cm³/mol. The number of methoxy groups -OCH3 is 1. The van der Waals surface area contributed by atoms with E-state index in [0.717, 1.165) is 44.9 Å². The van der Waals surface area contributed by atoms with Crippen molar-refractivity contribution in [1.29, 1.82) is 0 Å². The Morgan fingerprint density at radius 2 is 2.00 bits per heavy atom. The third-order valence-corrected chi connectivity index (χ3v) is 8.54. The minimum atomic E-state index is -0.474. The second-order valence-corrected chi connectivity index (χ2v) is 10.4. The number of benzene rings is 1. The lowest BCUT2D eigenvalue weighted by atomic mass is 10.1. The first-order chi connectivity index (χ1) is 15.6. The minimum absolute atomic E-state index is 0.190. The highest BCUT2D eigenvalue weighted by Crippen LogP contribution is 2.40. The van der Waals surface area contributed by atoms with Gasteiger partial charge in [0.2, 0.25) is 5.91 Å². The van der Waals surface area contributed by atoms with E-state index in [0.29, 0.717) is 10.6 Å². The second kappa shape index (κ2) is 9.01. The summed E-state index contributed by atoms with van der Waals surface area (Å²) in [5, 5.41) is 5.33. The summed E-state index contributed by atoms with van der Waals surface area (Å²) in [5.41, 5.74) is 2.68. The van der Waals surface area contributed by atoms with E-state index in [1.165, 1.54) is 40.6 Å². The zero-order valence-corrected chi connectivity index (χ0v) is 19.7. The number of rotatable bonds is 6. The highest BCUT2D eigenvalue weighted by Gasteiger charge is 2.23. The molecule has 1 amide bonds. The number of thioether (sulfide) groups is 1. The van der Waals surface area contributed by atoms with E-state index < -0.39 is 5.97 Å². The summed E-state index contributed by atoms with van der Waals surface area (Å²) in [6, 6.07) is 11.5. The molecule has 32 heavy (non-hydrogen) atoms. The summed E-state index contributed by atoms with van der Waals surface area (Å²) in [6.45, 7) is 0. The molecule has 1 N–H and O–H groups in total. The zero-order chi connectivity index (χ0) is 22.1. The Kier molecular flexibility index (Phi) is 5.95. The number of nitrogens with zero attached hydrogens (tertiary/aromatic N) is 2. The van der Waals surface area contributed by atoms with Gasteiger partial charge < -0.3 is 10.1 Å². The Bertz CT molecular complexity index is 1310. The van der Waals surface area contributed by atoms with Gasteiger partial charge in [-0.3, -0.25) is 4.79 Å². The average Bonchev–Trinajstić information content (AvgIpc) is 3.52. The molecule has 6 nitrogen and oxygen atoms in total. The highest BCUT2D eigenvalue weighted by atomic mass is 32.2. The highest BCUT2D eigenvalue weighted by molar-refractivity contribution is 8.00. The normalized spacial score (nSPS) is 12.7. The number of esters is 1. The number of hydrogen-bond acceptors (Lipinski definition) is 8. The molecule has 0 unspecified atom stereocenters. The summed E-state index contributed by atoms with van der Waals surface area (Å²) in [4.78, 5) is 37.2. The third-order valence-electron chi connectivity index (χ3n) is 5.26. The van der Waals surface area contributed by atoms with Crippen molar-refractivity contribution in [3.05, 3.63) is 58.7 Å². The molecule has 3 heterocycles. The van der Waals surface area contributed by atoms with Gasteiger partial charge in [0.25, 0.3) is 0 Å². The fourth-order valence-corrected chi connectivity index (χ4v) is 6.98. The molecule has 1 aromatic carbocycles. The van der Waals surface area contributed by atoms with Crippen LogP contribution in [0.2, 0.25) is 0 Å². The lowest BCUT2D eigenvalue weighted by molar-refractivity contribution is -0.113. The summed E-state index contributed by atoms with van der Waals surface area (Å²) >= 11 is 4.49. The van der Waals surface area contributed by atoms with Gasteiger partial charge in [-0.05, 0) is 36.5 Å². The van der Waals surface area contributed by atoms with Gasteiger partial charge in [-0.2, -0.15) is 0 Å². The van der Waals surface area contributed by atoms with Crippen molar-refractivity contribution in [3.63, 3.8) is 0 Å². The first-order valence-electron chi connectivity index (χ1n) is 10.1. The van der Waals surface area contributed by atoms with Crippen molar-refractivity contribution in [3.8, 4) is 10.4 Å². The predicted octanol–water partition coefficient (Wildman–Crippen LogP) is 5.43. The number of ether oxygens (including phenoxy) is 1. The number of carbonyl (C=O) groups is 2. The second-order valence-electron chi connectivity index (χ2n) is 7.26. The van der Waals surface area contributed by atoms with E-state index >= 15 is 0 Å². The van der Waals surface area contributed by atoms with Gasteiger partial charge in [-0.25, -0.2) is 14.8 Å². The molecule has 4 aromatic rings. The van der Waals surface area contributed by atoms with Crippen molar-refractivity contribution < 1.29 is 14.3 Å². The molecule has 0 saturated heterocycles. The van der Waals surface area contributed by atoms with Crippen molar-refractivity contribution >= 4 is 61.5 Å². The van der Waals surface area contributed by atoms with Crippen molar-refractivity contribution in [1.82, 2.24) is 9.97 Å². The maximum absolute atomic E-state index is 12.8. The standard InChI is InChI=1S/C23H19N3O3S3/c1-29-23(28)15-10-17(13-6-3-2-4-7-13)32-20(15)26-18(27)11-30-21-19-14-8-5-9-16(14)31-22(19)25-12-24-21/h2-4,6-7,10,12H,5,8-9,11H2,1H3,(H,26,27). The molecular weight excluding hydrogens is 462 g/mol. The first kappa shape index (κ1) is 21.1. The Hall–Kier alpha value is -2.75. The number of thiophene rings is 2. The van der Waals surface area contributed by atoms with Crippen LogP contribution in [0.3, 0.4) is 0 Å². The molecule has 3 aromatic heterocycles. The van der Waals surface area contributed by atoms with Gasteiger partial charge in [0.15, 0.2) is 0 Å². The molecular formula is C23H19N3O3S3. The van der Waals surface area contributed by atoms with Crippen LogP contribution in [-0.2, 0) is 22.4 Å². The topological polar surface area (TPSA) is 81.2 Å². The minimum Gasteiger partial charge on any atom is -0.465 e. The number of fused-ring (bicyclic) bond motifs is 3. The Labute approximate surface area is 197 Å². The van der Waals surface area contributed by atoms with Crippen LogP contribution in [0.25, 0.3) is 20.7 Å². The molecule has 9 heteroatoms. The van der Waals surface area contributed by atoms with Gasteiger partial charge in [-0.15, -0.1) is 22.7 Å². The van der Waals surface area contributed by atoms with Gasteiger partial charge in [0.05, 0.1) is 18.4 Å². The zero-order valence-electron chi connectivity index (χ0n) is 17.2. The molecule has 0 bridgehead atoms. The van der Waals surface area contributed by atoms with Gasteiger partial charge in [-0.1, -0.05) is 42.1 Å². The van der Waals surface area contributed by atoms with Crippen LogP contribution < -0.4 is 5.32 Å². The molecule has 1 aliphatic rings. The Morgan fingerprint density at radius 3 is 2.81 bits per heavy atom. The van der Waals surface area contributed by atoms with Crippen LogP contribution >= 0.6 is 34.4 Å². The molecule has 0 atom stereocenters. The lowest BCUT2D eigenvalue weighted by Crippen LogP contribution is -2.15. The van der Waals surface area contributed by atoms with E-state index in [2.05, 4.69) is 15.3 Å². The van der Waals surface area contributed by atoms with E-state index in [4.69, 9.17) is 4.74 Å². The fraction of sp³-hybridized carbons (Fsp3) is 0.217. The number of aromatic nitrogens is 2. The molecule has 162 valence electrons. The molecule has 0 fully saturated rings. The van der Waals surface area contributed by atoms with Gasteiger partial charge in [0.1, 0.15) is 21.2 Å². The molecule has 0 radical (unpaired) electrons. The number of aryl methyl sites for hydroxylation is 2. The largest absolute Gasteiger partial charge is 0.465 e. The van der Waals surface area contributed by atoms with Crippen LogP contribution in [0.1, 0.15) is 27.2 Å².